The first-order chi connectivity index (χ1) is 7.86. The van der Waals surface area contributed by atoms with Crippen molar-refractivity contribution >= 4 is 16.9 Å². The van der Waals surface area contributed by atoms with Gasteiger partial charge >= 0.3 is 0 Å². The molecule has 0 bridgehead atoms. The first-order valence-corrected chi connectivity index (χ1v) is 5.77. The third-order valence-corrected chi connectivity index (χ3v) is 3.15. The van der Waals surface area contributed by atoms with E-state index in [0.717, 1.165) is 35.6 Å². The molecule has 0 saturated carbocycles. The monoisotopic (exact) mass is 217 g/mol. The molecule has 5 heteroatoms. The lowest BCUT2D eigenvalue weighted by Crippen LogP contribution is -2.30. The second kappa shape index (κ2) is 3.73. The summed E-state index contributed by atoms with van der Waals surface area (Å²) in [6.07, 6.45) is 5.45. The van der Waals surface area contributed by atoms with Crippen LogP contribution in [-0.4, -0.2) is 33.3 Å². The van der Waals surface area contributed by atoms with Crippen molar-refractivity contribution in [2.24, 2.45) is 0 Å². The summed E-state index contributed by atoms with van der Waals surface area (Å²) >= 11 is 0. The van der Waals surface area contributed by atoms with Crippen LogP contribution in [0.25, 0.3) is 11.0 Å². The van der Waals surface area contributed by atoms with Gasteiger partial charge in [0.05, 0.1) is 5.69 Å². The normalized spacial score (nSPS) is 16.9. The highest BCUT2D eigenvalue weighted by molar-refractivity contribution is 5.86. The van der Waals surface area contributed by atoms with Crippen molar-refractivity contribution in [3.63, 3.8) is 0 Å². The molecule has 0 unspecified atom stereocenters. The summed E-state index contributed by atoms with van der Waals surface area (Å²) in [7, 11) is 0. The van der Waals surface area contributed by atoms with E-state index in [1.54, 1.807) is 6.33 Å². The van der Waals surface area contributed by atoms with Crippen molar-refractivity contribution in [3.05, 3.63) is 12.0 Å². The summed E-state index contributed by atoms with van der Waals surface area (Å²) in [5.74, 6) is 0.981. The van der Waals surface area contributed by atoms with E-state index in [9.17, 15) is 0 Å². The number of nitrogens with one attached hydrogen (secondary N) is 1. The molecule has 1 N–H and O–H groups in total. The summed E-state index contributed by atoms with van der Waals surface area (Å²) in [4.78, 5) is 11.0. The average Bonchev–Trinajstić information content (AvgIpc) is 2.73. The molecule has 3 rings (SSSR count). The van der Waals surface area contributed by atoms with Crippen molar-refractivity contribution < 1.29 is 0 Å². The van der Waals surface area contributed by atoms with E-state index < -0.39 is 0 Å². The smallest absolute Gasteiger partial charge is 0.160 e. The minimum Gasteiger partial charge on any atom is -0.355 e. The minimum atomic E-state index is 0.905. The molecule has 0 amide bonds. The van der Waals surface area contributed by atoms with Gasteiger partial charge < -0.3 is 4.90 Å². The zero-order valence-corrected chi connectivity index (χ0v) is 9.40. The largest absolute Gasteiger partial charge is 0.355 e. The van der Waals surface area contributed by atoms with Crippen molar-refractivity contribution in [1.82, 2.24) is 20.2 Å². The predicted octanol–water partition coefficient (Wildman–Crippen LogP) is 1.65. The third-order valence-electron chi connectivity index (χ3n) is 3.15. The second-order valence-corrected chi connectivity index (χ2v) is 4.29. The Hall–Kier alpha value is -1.65. The molecule has 1 aliphatic rings. The van der Waals surface area contributed by atoms with Crippen LogP contribution in [0.5, 0.6) is 0 Å². The van der Waals surface area contributed by atoms with Crippen LogP contribution in [0, 0.1) is 6.92 Å². The zero-order chi connectivity index (χ0) is 11.0. The summed E-state index contributed by atoms with van der Waals surface area (Å²) in [6, 6.07) is 0. The number of hydrogen-bond acceptors (Lipinski definition) is 4. The highest BCUT2D eigenvalue weighted by Crippen LogP contribution is 2.24. The fourth-order valence-corrected chi connectivity index (χ4v) is 2.28. The molecule has 84 valence electrons. The molecule has 1 fully saturated rings. The molecular formula is C11H15N5. The molecule has 5 nitrogen and oxygen atoms in total. The van der Waals surface area contributed by atoms with Crippen LogP contribution in [0.3, 0.4) is 0 Å². The van der Waals surface area contributed by atoms with Crippen molar-refractivity contribution in [2.45, 2.75) is 26.2 Å². The third kappa shape index (κ3) is 1.43. The van der Waals surface area contributed by atoms with E-state index in [0.29, 0.717) is 0 Å². The van der Waals surface area contributed by atoms with E-state index in [1.807, 2.05) is 6.92 Å². The number of hydrogen-bond donors (Lipinski definition) is 1. The molecular weight excluding hydrogens is 202 g/mol. The molecule has 1 saturated heterocycles. The lowest BCUT2D eigenvalue weighted by atomic mass is 10.1. The summed E-state index contributed by atoms with van der Waals surface area (Å²) in [5, 5.41) is 7.28. The van der Waals surface area contributed by atoms with Crippen molar-refractivity contribution in [1.29, 1.82) is 0 Å². The maximum Gasteiger partial charge on any atom is 0.160 e. The van der Waals surface area contributed by atoms with Gasteiger partial charge in [0.1, 0.15) is 11.8 Å². The number of anilines is 1. The van der Waals surface area contributed by atoms with Gasteiger partial charge in [0.2, 0.25) is 0 Å². The Kier molecular flexibility index (Phi) is 2.23. The molecule has 3 heterocycles. The van der Waals surface area contributed by atoms with Crippen molar-refractivity contribution in [3.8, 4) is 0 Å². The molecule has 1 aliphatic heterocycles. The van der Waals surface area contributed by atoms with E-state index in [2.05, 4.69) is 25.1 Å². The fraction of sp³-hybridized carbons (Fsp3) is 0.545. The summed E-state index contributed by atoms with van der Waals surface area (Å²) in [5.41, 5.74) is 2.85. The molecule has 2 aromatic rings. The first-order valence-electron chi connectivity index (χ1n) is 5.77. The quantitative estimate of drug-likeness (QED) is 0.789. The Morgan fingerprint density at radius 3 is 2.75 bits per heavy atom. The second-order valence-electron chi connectivity index (χ2n) is 4.29. The molecule has 16 heavy (non-hydrogen) atoms. The van der Waals surface area contributed by atoms with Crippen LogP contribution in [0.4, 0.5) is 5.82 Å². The maximum absolute atomic E-state index is 4.38. The highest BCUT2D eigenvalue weighted by Gasteiger charge is 2.17. The molecule has 0 aliphatic carbocycles. The van der Waals surface area contributed by atoms with Gasteiger partial charge in [0.15, 0.2) is 11.3 Å². The minimum absolute atomic E-state index is 0.905. The van der Waals surface area contributed by atoms with Gasteiger partial charge in [-0.2, -0.15) is 5.10 Å². The van der Waals surface area contributed by atoms with Crippen LogP contribution < -0.4 is 4.90 Å². The topological polar surface area (TPSA) is 57.7 Å². The molecule has 0 spiro atoms. The number of nitrogens with zero attached hydrogens (tertiary/aromatic N) is 4. The van der Waals surface area contributed by atoms with Gasteiger partial charge in [-0.25, -0.2) is 9.97 Å². The van der Waals surface area contributed by atoms with Gasteiger partial charge in [-0.3, -0.25) is 5.10 Å². The number of aryl methyl sites for hydroxylation is 1. The molecule has 2 aromatic heterocycles. The van der Waals surface area contributed by atoms with Crippen LogP contribution in [0.15, 0.2) is 6.33 Å². The van der Waals surface area contributed by atoms with Gasteiger partial charge in [-0.05, 0) is 26.2 Å². The predicted molar refractivity (Wildman–Crippen MR) is 62.5 cm³/mol. The van der Waals surface area contributed by atoms with E-state index in [1.165, 1.54) is 19.3 Å². The standard InChI is InChI=1S/C11H15N5/c1-8-9-10(15-14-8)11(13-7-12-9)16-5-3-2-4-6-16/h7H,2-6H2,1H3,(H,14,15). The first kappa shape index (κ1) is 9.57. The van der Waals surface area contributed by atoms with Gasteiger partial charge in [-0.1, -0.05) is 0 Å². The van der Waals surface area contributed by atoms with E-state index in [4.69, 9.17) is 0 Å². The van der Waals surface area contributed by atoms with E-state index in [-0.39, 0.29) is 0 Å². The maximum atomic E-state index is 4.38. The average molecular weight is 217 g/mol. The summed E-state index contributed by atoms with van der Waals surface area (Å²) < 4.78 is 0. The number of piperidine rings is 1. The SMILES string of the molecule is Cc1[nH]nc2c(N3CCCCC3)ncnc12. The Morgan fingerprint density at radius 1 is 1.12 bits per heavy atom. The van der Waals surface area contributed by atoms with Gasteiger partial charge in [-0.15, -0.1) is 0 Å². The number of fused-ring (bicyclic) bond motifs is 1. The van der Waals surface area contributed by atoms with Crippen LogP contribution in [0.1, 0.15) is 25.0 Å². The summed E-state index contributed by atoms with van der Waals surface area (Å²) in [6.45, 7) is 4.15. The molecule has 0 atom stereocenters. The Morgan fingerprint density at radius 2 is 1.94 bits per heavy atom. The number of rotatable bonds is 1. The van der Waals surface area contributed by atoms with Gasteiger partial charge in [0.25, 0.3) is 0 Å². The number of aromatic amines is 1. The van der Waals surface area contributed by atoms with Crippen molar-refractivity contribution in [2.75, 3.05) is 18.0 Å². The van der Waals surface area contributed by atoms with Crippen LogP contribution >= 0.6 is 0 Å². The lowest BCUT2D eigenvalue weighted by Gasteiger charge is -2.27. The Balaban J connectivity index is 2.08. The fourth-order valence-electron chi connectivity index (χ4n) is 2.28. The number of H-pyrrole nitrogens is 1. The molecule has 0 aromatic carbocycles. The molecule has 0 radical (unpaired) electrons. The van der Waals surface area contributed by atoms with Crippen LogP contribution in [0.2, 0.25) is 0 Å². The lowest BCUT2D eigenvalue weighted by molar-refractivity contribution is 0.574. The Bertz CT molecular complexity index is 498. The van der Waals surface area contributed by atoms with Crippen LogP contribution in [-0.2, 0) is 0 Å². The highest BCUT2D eigenvalue weighted by atomic mass is 15.2. The zero-order valence-electron chi connectivity index (χ0n) is 9.40. The number of aromatic nitrogens is 4. The Labute approximate surface area is 93.9 Å². The van der Waals surface area contributed by atoms with Gasteiger partial charge in [0, 0.05) is 13.1 Å². The van der Waals surface area contributed by atoms with E-state index >= 15 is 0 Å².